The lowest BCUT2D eigenvalue weighted by atomic mass is 10.1. The molecule has 1 atom stereocenters. The lowest BCUT2D eigenvalue weighted by molar-refractivity contribution is 0.221. The Morgan fingerprint density at radius 3 is 3.07 bits per heavy atom. The first kappa shape index (κ1) is 10.2. The maximum atomic E-state index is 5.95. The van der Waals surface area contributed by atoms with Crippen LogP contribution in [0.1, 0.15) is 12.0 Å². The third-order valence-corrected chi connectivity index (χ3v) is 2.65. The van der Waals surface area contributed by atoms with E-state index in [1.54, 1.807) is 0 Å². The molecule has 15 heavy (non-hydrogen) atoms. The molecular formula is C13H17NO. The zero-order valence-electron chi connectivity index (χ0n) is 8.91. The molecule has 0 aliphatic carbocycles. The van der Waals surface area contributed by atoms with Crippen LogP contribution in [0.15, 0.2) is 36.9 Å². The van der Waals surface area contributed by atoms with Crippen molar-refractivity contribution in [2.24, 2.45) is 0 Å². The number of hydrogen-bond acceptors (Lipinski definition) is 2. The third-order valence-electron chi connectivity index (χ3n) is 2.65. The standard InChI is InChI=1S/C13H17NO/c1-2-5-11-6-3-4-7-13(11)15-12-8-9-14-10-12/h2-4,6-7,12,14H,1,5,8-10H2/t12-/m0/s1. The normalized spacial score (nSPS) is 20.1. The lowest BCUT2D eigenvalue weighted by Gasteiger charge is -2.15. The van der Waals surface area contributed by atoms with Gasteiger partial charge in [0.1, 0.15) is 11.9 Å². The summed E-state index contributed by atoms with van der Waals surface area (Å²) in [5.74, 6) is 1.01. The quantitative estimate of drug-likeness (QED) is 0.757. The Kier molecular flexibility index (Phi) is 3.41. The van der Waals surface area contributed by atoms with Crippen LogP contribution in [-0.2, 0) is 6.42 Å². The summed E-state index contributed by atoms with van der Waals surface area (Å²) >= 11 is 0. The predicted octanol–water partition coefficient (Wildman–Crippen LogP) is 2.16. The SMILES string of the molecule is C=CCc1ccccc1O[C@H]1CCNC1. The molecule has 0 spiro atoms. The van der Waals surface area contributed by atoms with E-state index in [2.05, 4.69) is 18.0 Å². The molecule has 2 heteroatoms. The highest BCUT2D eigenvalue weighted by Crippen LogP contribution is 2.21. The van der Waals surface area contributed by atoms with Crippen LogP contribution in [0, 0.1) is 0 Å². The van der Waals surface area contributed by atoms with E-state index in [-0.39, 0.29) is 0 Å². The second-order valence-corrected chi connectivity index (χ2v) is 3.83. The Balaban J connectivity index is 2.08. The van der Waals surface area contributed by atoms with Gasteiger partial charge in [-0.05, 0) is 31.0 Å². The van der Waals surface area contributed by atoms with E-state index in [4.69, 9.17) is 4.74 Å². The van der Waals surface area contributed by atoms with Crippen molar-refractivity contribution in [2.45, 2.75) is 18.9 Å². The first-order valence-corrected chi connectivity index (χ1v) is 5.46. The summed E-state index contributed by atoms with van der Waals surface area (Å²) in [5, 5.41) is 3.30. The zero-order chi connectivity index (χ0) is 10.5. The molecule has 1 N–H and O–H groups in total. The van der Waals surface area contributed by atoms with Crippen LogP contribution >= 0.6 is 0 Å². The average molecular weight is 203 g/mol. The van der Waals surface area contributed by atoms with Gasteiger partial charge in [0.2, 0.25) is 0 Å². The monoisotopic (exact) mass is 203 g/mol. The summed E-state index contributed by atoms with van der Waals surface area (Å²) in [4.78, 5) is 0. The van der Waals surface area contributed by atoms with Gasteiger partial charge in [-0.2, -0.15) is 0 Å². The first-order chi connectivity index (χ1) is 7.40. The van der Waals surface area contributed by atoms with Gasteiger partial charge >= 0.3 is 0 Å². The fourth-order valence-corrected chi connectivity index (χ4v) is 1.85. The Morgan fingerprint density at radius 1 is 1.47 bits per heavy atom. The fraction of sp³-hybridized carbons (Fsp3) is 0.385. The molecule has 1 aliphatic heterocycles. The molecule has 0 radical (unpaired) electrons. The van der Waals surface area contributed by atoms with Crippen LogP contribution in [0.25, 0.3) is 0 Å². The highest BCUT2D eigenvalue weighted by Gasteiger charge is 2.16. The van der Waals surface area contributed by atoms with E-state index in [1.165, 1.54) is 5.56 Å². The van der Waals surface area contributed by atoms with Crippen molar-refractivity contribution >= 4 is 0 Å². The van der Waals surface area contributed by atoms with Gasteiger partial charge in [-0.3, -0.25) is 0 Å². The van der Waals surface area contributed by atoms with Crippen molar-refractivity contribution in [3.8, 4) is 5.75 Å². The molecule has 1 saturated heterocycles. The Labute approximate surface area is 91.0 Å². The lowest BCUT2D eigenvalue weighted by Crippen LogP contribution is -2.20. The molecule has 2 rings (SSSR count). The molecule has 1 aromatic rings. The van der Waals surface area contributed by atoms with Crippen molar-refractivity contribution < 1.29 is 4.74 Å². The summed E-state index contributed by atoms with van der Waals surface area (Å²) in [6.07, 6.45) is 4.21. The zero-order valence-corrected chi connectivity index (χ0v) is 8.91. The minimum Gasteiger partial charge on any atom is -0.489 e. The number of benzene rings is 1. The fourth-order valence-electron chi connectivity index (χ4n) is 1.85. The second-order valence-electron chi connectivity index (χ2n) is 3.83. The summed E-state index contributed by atoms with van der Waals surface area (Å²) in [5.41, 5.74) is 1.22. The Morgan fingerprint density at radius 2 is 2.33 bits per heavy atom. The van der Waals surface area contributed by atoms with Crippen LogP contribution in [0.3, 0.4) is 0 Å². The van der Waals surface area contributed by atoms with Crippen LogP contribution in [0.2, 0.25) is 0 Å². The van der Waals surface area contributed by atoms with Gasteiger partial charge in [0.05, 0.1) is 0 Å². The average Bonchev–Trinajstić information content (AvgIpc) is 2.74. The van der Waals surface area contributed by atoms with Crippen molar-refractivity contribution in [1.82, 2.24) is 5.32 Å². The molecule has 80 valence electrons. The molecular weight excluding hydrogens is 186 g/mol. The van der Waals surface area contributed by atoms with Crippen LogP contribution < -0.4 is 10.1 Å². The highest BCUT2D eigenvalue weighted by molar-refractivity contribution is 5.34. The molecule has 1 aliphatic rings. The number of ether oxygens (including phenoxy) is 1. The maximum Gasteiger partial charge on any atom is 0.123 e. The second kappa shape index (κ2) is 4.99. The summed E-state index contributed by atoms with van der Waals surface area (Å²) < 4.78 is 5.95. The van der Waals surface area contributed by atoms with Crippen LogP contribution in [0.4, 0.5) is 0 Å². The molecule has 0 saturated carbocycles. The van der Waals surface area contributed by atoms with Gasteiger partial charge in [-0.25, -0.2) is 0 Å². The van der Waals surface area contributed by atoms with E-state index in [1.807, 2.05) is 24.3 Å². The first-order valence-electron chi connectivity index (χ1n) is 5.46. The van der Waals surface area contributed by atoms with Gasteiger partial charge in [-0.15, -0.1) is 6.58 Å². The number of nitrogens with one attached hydrogen (secondary N) is 1. The summed E-state index contributed by atoms with van der Waals surface area (Å²) in [6.45, 7) is 5.79. The molecule has 0 aromatic heterocycles. The molecule has 0 unspecified atom stereocenters. The van der Waals surface area contributed by atoms with Crippen LogP contribution in [-0.4, -0.2) is 19.2 Å². The molecule has 1 aromatic carbocycles. The molecule has 1 heterocycles. The summed E-state index contributed by atoms with van der Waals surface area (Å²) in [7, 11) is 0. The number of rotatable bonds is 4. The molecule has 0 amide bonds. The number of hydrogen-bond donors (Lipinski definition) is 1. The van der Waals surface area contributed by atoms with Gasteiger partial charge in [-0.1, -0.05) is 24.3 Å². The van der Waals surface area contributed by atoms with Gasteiger partial charge in [0, 0.05) is 6.54 Å². The van der Waals surface area contributed by atoms with E-state index in [0.717, 1.165) is 31.7 Å². The largest absolute Gasteiger partial charge is 0.489 e. The summed E-state index contributed by atoms with van der Waals surface area (Å²) in [6, 6.07) is 8.19. The van der Waals surface area contributed by atoms with E-state index in [9.17, 15) is 0 Å². The minimum atomic E-state index is 0.330. The van der Waals surface area contributed by atoms with Gasteiger partial charge in [0.15, 0.2) is 0 Å². The van der Waals surface area contributed by atoms with Crippen molar-refractivity contribution in [3.05, 3.63) is 42.5 Å². The number of para-hydroxylation sites is 1. The third kappa shape index (κ3) is 2.60. The highest BCUT2D eigenvalue weighted by atomic mass is 16.5. The molecule has 2 nitrogen and oxygen atoms in total. The van der Waals surface area contributed by atoms with E-state index in [0.29, 0.717) is 6.10 Å². The van der Waals surface area contributed by atoms with E-state index >= 15 is 0 Å². The van der Waals surface area contributed by atoms with Crippen molar-refractivity contribution in [1.29, 1.82) is 0 Å². The van der Waals surface area contributed by atoms with Gasteiger partial charge in [0.25, 0.3) is 0 Å². The maximum absolute atomic E-state index is 5.95. The number of allylic oxidation sites excluding steroid dienone is 1. The molecule has 1 fully saturated rings. The Hall–Kier alpha value is -1.28. The smallest absolute Gasteiger partial charge is 0.123 e. The van der Waals surface area contributed by atoms with Gasteiger partial charge < -0.3 is 10.1 Å². The predicted molar refractivity (Wildman–Crippen MR) is 62.2 cm³/mol. The minimum absolute atomic E-state index is 0.330. The molecule has 0 bridgehead atoms. The van der Waals surface area contributed by atoms with E-state index < -0.39 is 0 Å². The topological polar surface area (TPSA) is 21.3 Å². The van der Waals surface area contributed by atoms with Crippen LogP contribution in [0.5, 0.6) is 5.75 Å². The van der Waals surface area contributed by atoms with Crippen molar-refractivity contribution in [3.63, 3.8) is 0 Å². The van der Waals surface area contributed by atoms with Crippen molar-refractivity contribution in [2.75, 3.05) is 13.1 Å². The Bertz CT molecular complexity index is 329.